The predicted molar refractivity (Wildman–Crippen MR) is 86.1 cm³/mol. The Morgan fingerprint density at radius 1 is 1.32 bits per heavy atom. The van der Waals surface area contributed by atoms with Crippen LogP contribution < -0.4 is 5.32 Å². The van der Waals surface area contributed by atoms with Gasteiger partial charge in [-0.3, -0.25) is 9.59 Å². The number of carboxylic acids is 1. The molecule has 0 fully saturated rings. The molecule has 118 valence electrons. The van der Waals surface area contributed by atoms with Crippen LogP contribution >= 0.6 is 0 Å². The molecule has 5 nitrogen and oxygen atoms in total. The monoisotopic (exact) mass is 302 g/mol. The van der Waals surface area contributed by atoms with Crippen molar-refractivity contribution in [1.29, 1.82) is 0 Å². The molecule has 1 amide bonds. The molecule has 0 aliphatic rings. The minimum absolute atomic E-state index is 0.148. The van der Waals surface area contributed by atoms with Gasteiger partial charge in [-0.15, -0.1) is 0 Å². The Balaban J connectivity index is 2.13. The molecule has 1 aromatic heterocycles. The van der Waals surface area contributed by atoms with Crippen LogP contribution in [0.15, 0.2) is 18.2 Å². The molecule has 22 heavy (non-hydrogen) atoms. The molecule has 1 unspecified atom stereocenters. The zero-order chi connectivity index (χ0) is 16.3. The van der Waals surface area contributed by atoms with Gasteiger partial charge in [0.05, 0.1) is 5.92 Å². The summed E-state index contributed by atoms with van der Waals surface area (Å²) in [6.07, 6.45) is 1.33. The lowest BCUT2D eigenvalue weighted by Gasteiger charge is -2.11. The zero-order valence-electron chi connectivity index (χ0n) is 13.2. The molecule has 0 saturated heterocycles. The van der Waals surface area contributed by atoms with Gasteiger partial charge in [0, 0.05) is 17.4 Å². The summed E-state index contributed by atoms with van der Waals surface area (Å²) in [6.45, 7) is 6.13. The number of amides is 1. The highest BCUT2D eigenvalue weighted by Crippen LogP contribution is 2.22. The summed E-state index contributed by atoms with van der Waals surface area (Å²) < 4.78 is 0. The molecule has 3 N–H and O–H groups in total. The molecule has 0 radical (unpaired) electrons. The van der Waals surface area contributed by atoms with Gasteiger partial charge in [0.15, 0.2) is 0 Å². The number of rotatable bonds is 6. The van der Waals surface area contributed by atoms with Crippen LogP contribution in [-0.2, 0) is 4.79 Å². The third kappa shape index (κ3) is 3.30. The first-order valence-corrected chi connectivity index (χ1v) is 7.54. The molecule has 0 aliphatic heterocycles. The molecule has 0 aliphatic carbocycles. The Labute approximate surface area is 129 Å². The van der Waals surface area contributed by atoms with Gasteiger partial charge >= 0.3 is 5.97 Å². The van der Waals surface area contributed by atoms with E-state index < -0.39 is 11.9 Å². The van der Waals surface area contributed by atoms with E-state index in [-0.39, 0.29) is 12.5 Å². The number of benzene rings is 1. The first kappa shape index (κ1) is 16.1. The number of aliphatic carboxylic acids is 1. The fourth-order valence-electron chi connectivity index (χ4n) is 2.55. The fourth-order valence-corrected chi connectivity index (χ4v) is 2.55. The van der Waals surface area contributed by atoms with Crippen molar-refractivity contribution in [1.82, 2.24) is 10.3 Å². The predicted octanol–water partition coefficient (Wildman–Crippen LogP) is 3.02. The van der Waals surface area contributed by atoms with Crippen molar-refractivity contribution in [3.05, 3.63) is 35.0 Å². The van der Waals surface area contributed by atoms with Crippen LogP contribution in [0.1, 0.15) is 41.4 Å². The molecule has 1 heterocycles. The van der Waals surface area contributed by atoms with Crippen molar-refractivity contribution in [3.63, 3.8) is 0 Å². The van der Waals surface area contributed by atoms with Crippen LogP contribution in [0.2, 0.25) is 0 Å². The summed E-state index contributed by atoms with van der Waals surface area (Å²) in [4.78, 5) is 26.4. The molecule has 2 rings (SSSR count). The molecular formula is C17H22N2O3. The second-order valence-electron chi connectivity index (χ2n) is 5.69. The number of H-pyrrole nitrogens is 1. The summed E-state index contributed by atoms with van der Waals surface area (Å²) >= 11 is 0. The third-order valence-electron chi connectivity index (χ3n) is 4.08. The Bertz CT molecular complexity index is 703. The Morgan fingerprint density at radius 3 is 2.68 bits per heavy atom. The summed E-state index contributed by atoms with van der Waals surface area (Å²) in [5.74, 6) is -1.68. The molecule has 0 saturated carbocycles. The number of aryl methyl sites for hydroxylation is 2. The van der Waals surface area contributed by atoms with E-state index in [0.29, 0.717) is 12.1 Å². The fraction of sp³-hybridized carbons (Fsp3) is 0.412. The van der Waals surface area contributed by atoms with Crippen molar-refractivity contribution in [2.75, 3.05) is 6.54 Å². The quantitative estimate of drug-likeness (QED) is 0.767. The van der Waals surface area contributed by atoms with Gasteiger partial charge in [-0.2, -0.15) is 0 Å². The van der Waals surface area contributed by atoms with E-state index in [1.807, 2.05) is 39.0 Å². The highest BCUT2D eigenvalue weighted by Gasteiger charge is 2.18. The van der Waals surface area contributed by atoms with E-state index >= 15 is 0 Å². The standard InChI is InChI=1S/C17H22N2O3/c1-4-5-12(17(21)22)9-18-16(20)15-8-13-11(3)10(2)6-7-14(13)19-15/h6-8,12,19H,4-5,9H2,1-3H3,(H,18,20)(H,21,22). The number of aromatic amines is 1. The number of nitrogens with one attached hydrogen (secondary N) is 2. The topological polar surface area (TPSA) is 82.2 Å². The second kappa shape index (κ2) is 6.64. The van der Waals surface area contributed by atoms with E-state index in [4.69, 9.17) is 5.11 Å². The lowest BCUT2D eigenvalue weighted by atomic mass is 10.0. The largest absolute Gasteiger partial charge is 0.481 e. The first-order valence-electron chi connectivity index (χ1n) is 7.54. The minimum atomic E-state index is -0.870. The second-order valence-corrected chi connectivity index (χ2v) is 5.69. The third-order valence-corrected chi connectivity index (χ3v) is 4.08. The number of hydrogen-bond donors (Lipinski definition) is 3. The first-order chi connectivity index (χ1) is 10.4. The molecule has 1 aromatic carbocycles. The zero-order valence-corrected chi connectivity index (χ0v) is 13.2. The van der Waals surface area contributed by atoms with Crippen molar-refractivity contribution >= 4 is 22.8 Å². The van der Waals surface area contributed by atoms with Gasteiger partial charge in [0.1, 0.15) is 5.69 Å². The van der Waals surface area contributed by atoms with Crippen molar-refractivity contribution < 1.29 is 14.7 Å². The maximum atomic E-state index is 12.2. The molecule has 0 spiro atoms. The number of carbonyl (C=O) groups excluding carboxylic acids is 1. The summed E-state index contributed by atoms with van der Waals surface area (Å²) in [7, 11) is 0. The van der Waals surface area contributed by atoms with E-state index in [9.17, 15) is 9.59 Å². The Kier molecular flexibility index (Phi) is 4.85. The van der Waals surface area contributed by atoms with Crippen molar-refractivity contribution in [2.45, 2.75) is 33.6 Å². The lowest BCUT2D eigenvalue weighted by molar-refractivity contribution is -0.141. The van der Waals surface area contributed by atoms with Crippen LogP contribution in [0.5, 0.6) is 0 Å². The molecule has 1 atom stereocenters. The van der Waals surface area contributed by atoms with Crippen LogP contribution in [-0.4, -0.2) is 28.5 Å². The molecule has 2 aromatic rings. The summed E-state index contributed by atoms with van der Waals surface area (Å²) in [5.41, 5.74) is 3.69. The maximum absolute atomic E-state index is 12.2. The van der Waals surface area contributed by atoms with Crippen molar-refractivity contribution in [2.24, 2.45) is 5.92 Å². The molecule has 0 bridgehead atoms. The van der Waals surface area contributed by atoms with E-state index in [1.54, 1.807) is 0 Å². The van der Waals surface area contributed by atoms with Gasteiger partial charge < -0.3 is 15.4 Å². The van der Waals surface area contributed by atoms with E-state index in [2.05, 4.69) is 10.3 Å². The summed E-state index contributed by atoms with van der Waals surface area (Å²) in [6, 6.07) is 5.78. The minimum Gasteiger partial charge on any atom is -0.481 e. The van der Waals surface area contributed by atoms with Gasteiger partial charge in [0.2, 0.25) is 0 Å². The average molecular weight is 302 g/mol. The van der Waals surface area contributed by atoms with Gasteiger partial charge in [0.25, 0.3) is 5.91 Å². The van der Waals surface area contributed by atoms with E-state index in [1.165, 1.54) is 5.56 Å². The number of fused-ring (bicyclic) bond motifs is 1. The number of carboxylic acid groups (broad SMARTS) is 1. The normalized spacial score (nSPS) is 12.3. The summed E-state index contributed by atoms with van der Waals surface area (Å²) in [5, 5.41) is 12.8. The average Bonchev–Trinajstić information content (AvgIpc) is 2.91. The Hall–Kier alpha value is -2.30. The smallest absolute Gasteiger partial charge is 0.308 e. The van der Waals surface area contributed by atoms with Crippen LogP contribution in [0.25, 0.3) is 10.9 Å². The highest BCUT2D eigenvalue weighted by molar-refractivity contribution is 5.99. The van der Waals surface area contributed by atoms with Gasteiger partial charge in [-0.1, -0.05) is 19.4 Å². The van der Waals surface area contributed by atoms with Crippen LogP contribution in [0, 0.1) is 19.8 Å². The van der Waals surface area contributed by atoms with Gasteiger partial charge in [-0.25, -0.2) is 0 Å². The maximum Gasteiger partial charge on any atom is 0.308 e. The highest BCUT2D eigenvalue weighted by atomic mass is 16.4. The van der Waals surface area contributed by atoms with Crippen LogP contribution in [0.3, 0.4) is 0 Å². The Morgan fingerprint density at radius 2 is 2.05 bits per heavy atom. The lowest BCUT2D eigenvalue weighted by Crippen LogP contribution is -2.33. The number of hydrogen-bond acceptors (Lipinski definition) is 2. The number of aromatic nitrogens is 1. The van der Waals surface area contributed by atoms with Gasteiger partial charge in [-0.05, 0) is 43.5 Å². The molecule has 5 heteroatoms. The SMILES string of the molecule is CCCC(CNC(=O)c1cc2c(C)c(C)ccc2[nH]1)C(=O)O. The molecular weight excluding hydrogens is 280 g/mol. The van der Waals surface area contributed by atoms with Crippen molar-refractivity contribution in [3.8, 4) is 0 Å². The van der Waals surface area contributed by atoms with E-state index in [0.717, 1.165) is 22.9 Å². The van der Waals surface area contributed by atoms with Crippen LogP contribution in [0.4, 0.5) is 0 Å². The number of carbonyl (C=O) groups is 2.